The number of rotatable bonds is 4. The molecule has 0 saturated heterocycles. The molecule has 1 fully saturated rings. The Morgan fingerprint density at radius 2 is 2.23 bits per heavy atom. The molecule has 1 aromatic carbocycles. The van der Waals surface area contributed by atoms with Crippen LogP contribution in [0.15, 0.2) is 30.6 Å². The van der Waals surface area contributed by atoms with Gasteiger partial charge in [0.1, 0.15) is 11.5 Å². The number of fused-ring (bicyclic) bond motifs is 1. The Labute approximate surface area is 126 Å². The first kappa shape index (κ1) is 13.1. The molecule has 5 nitrogen and oxygen atoms in total. The number of nitrogens with one attached hydrogen (secondary N) is 3. The summed E-state index contributed by atoms with van der Waals surface area (Å²) >= 11 is 0. The number of H-pyrrole nitrogens is 2. The average molecular weight is 297 g/mol. The van der Waals surface area contributed by atoms with Crippen molar-refractivity contribution >= 4 is 16.7 Å². The summed E-state index contributed by atoms with van der Waals surface area (Å²) in [6.07, 6.45) is 4.08. The lowest BCUT2D eigenvalue weighted by Crippen LogP contribution is -2.00. The van der Waals surface area contributed by atoms with Gasteiger partial charge in [-0.15, -0.1) is 0 Å². The molecule has 1 aliphatic rings. The van der Waals surface area contributed by atoms with Gasteiger partial charge in [-0.25, -0.2) is 9.37 Å². The van der Waals surface area contributed by atoms with Crippen LogP contribution in [0.5, 0.6) is 0 Å². The smallest absolute Gasteiger partial charge is 0.158 e. The Balaban J connectivity index is 1.72. The first-order valence-electron chi connectivity index (χ1n) is 7.27. The fourth-order valence-electron chi connectivity index (χ4n) is 2.53. The van der Waals surface area contributed by atoms with Crippen LogP contribution < -0.4 is 5.32 Å². The van der Waals surface area contributed by atoms with Crippen LogP contribution in [0.1, 0.15) is 18.4 Å². The number of anilines is 1. The van der Waals surface area contributed by atoms with E-state index in [2.05, 4.69) is 32.1 Å². The van der Waals surface area contributed by atoms with Crippen LogP contribution in [0, 0.1) is 18.7 Å². The predicted octanol–water partition coefficient (Wildman–Crippen LogP) is 3.74. The highest BCUT2D eigenvalue weighted by atomic mass is 19.1. The van der Waals surface area contributed by atoms with E-state index in [4.69, 9.17) is 0 Å². The number of hydrogen-bond acceptors (Lipinski definition) is 3. The van der Waals surface area contributed by atoms with Gasteiger partial charge >= 0.3 is 0 Å². The van der Waals surface area contributed by atoms with Gasteiger partial charge in [-0.2, -0.15) is 5.10 Å². The van der Waals surface area contributed by atoms with Crippen LogP contribution in [0.4, 0.5) is 10.1 Å². The van der Waals surface area contributed by atoms with Crippen LogP contribution >= 0.6 is 0 Å². The van der Waals surface area contributed by atoms with Crippen LogP contribution in [0.2, 0.25) is 0 Å². The second kappa shape index (κ2) is 4.69. The van der Waals surface area contributed by atoms with Crippen LogP contribution in [-0.4, -0.2) is 20.2 Å². The molecule has 4 rings (SSSR count). The molecule has 0 unspecified atom stereocenters. The monoisotopic (exact) mass is 297 g/mol. The van der Waals surface area contributed by atoms with Crippen molar-refractivity contribution in [2.24, 2.45) is 5.92 Å². The molecule has 0 spiro atoms. The van der Waals surface area contributed by atoms with E-state index in [-0.39, 0.29) is 5.82 Å². The molecule has 0 atom stereocenters. The average Bonchev–Trinajstić information content (AvgIpc) is 3.12. The van der Waals surface area contributed by atoms with E-state index in [1.165, 1.54) is 18.9 Å². The highest BCUT2D eigenvalue weighted by Gasteiger charge is 2.25. The van der Waals surface area contributed by atoms with Crippen molar-refractivity contribution < 1.29 is 4.39 Å². The third-order valence-corrected chi connectivity index (χ3v) is 4.00. The van der Waals surface area contributed by atoms with E-state index in [1.807, 2.05) is 0 Å². The number of benzene rings is 1. The normalized spacial score (nSPS) is 14.5. The third kappa shape index (κ3) is 2.16. The minimum atomic E-state index is -0.254. The highest BCUT2D eigenvalue weighted by Crippen LogP contribution is 2.37. The number of nitrogens with zero attached hydrogens (tertiary/aromatic N) is 2. The van der Waals surface area contributed by atoms with Crippen LogP contribution in [0.3, 0.4) is 0 Å². The van der Waals surface area contributed by atoms with Crippen LogP contribution in [0.25, 0.3) is 22.6 Å². The lowest BCUT2D eigenvalue weighted by atomic mass is 10.2. The van der Waals surface area contributed by atoms with Crippen molar-refractivity contribution in [3.05, 3.63) is 42.0 Å². The molecule has 6 heteroatoms. The lowest BCUT2D eigenvalue weighted by Gasteiger charge is -2.07. The zero-order valence-electron chi connectivity index (χ0n) is 12.2. The maximum atomic E-state index is 13.6. The van der Waals surface area contributed by atoms with Gasteiger partial charge in [0.2, 0.25) is 0 Å². The maximum absolute atomic E-state index is 13.6. The highest BCUT2D eigenvalue weighted by molar-refractivity contribution is 5.82. The van der Waals surface area contributed by atoms with Gasteiger partial charge in [0, 0.05) is 11.8 Å². The Bertz CT molecular complexity index is 833. The second-order valence-electron chi connectivity index (χ2n) is 5.79. The summed E-state index contributed by atoms with van der Waals surface area (Å²) < 4.78 is 13.6. The number of aromatic amines is 2. The fraction of sp³-hybridized carbons (Fsp3) is 0.250. The summed E-state index contributed by atoms with van der Waals surface area (Å²) in [6, 6.07) is 3.20. The molecule has 0 amide bonds. The van der Waals surface area contributed by atoms with E-state index in [1.54, 1.807) is 19.2 Å². The summed E-state index contributed by atoms with van der Waals surface area (Å²) in [6.45, 7) is 5.79. The van der Waals surface area contributed by atoms with Gasteiger partial charge in [0.05, 0.1) is 22.9 Å². The number of aryl methyl sites for hydroxylation is 1. The second-order valence-corrected chi connectivity index (χ2v) is 5.79. The van der Waals surface area contributed by atoms with Crippen molar-refractivity contribution in [3.8, 4) is 11.5 Å². The quantitative estimate of drug-likeness (QED) is 0.687. The predicted molar refractivity (Wildman–Crippen MR) is 83.9 cm³/mol. The maximum Gasteiger partial charge on any atom is 0.158 e. The molecule has 0 radical (unpaired) electrons. The molecule has 112 valence electrons. The summed E-state index contributed by atoms with van der Waals surface area (Å²) in [5.74, 6) is 0.925. The van der Waals surface area contributed by atoms with Gasteiger partial charge in [-0.3, -0.25) is 5.10 Å². The van der Waals surface area contributed by atoms with Crippen LogP contribution in [-0.2, 0) is 0 Å². The van der Waals surface area contributed by atoms with Crippen molar-refractivity contribution in [1.29, 1.82) is 0 Å². The largest absolute Gasteiger partial charge is 0.356 e. The Kier molecular flexibility index (Phi) is 2.79. The van der Waals surface area contributed by atoms with E-state index in [0.29, 0.717) is 22.8 Å². The summed E-state index contributed by atoms with van der Waals surface area (Å²) in [5.41, 5.74) is 4.56. The molecular weight excluding hydrogens is 281 g/mol. The third-order valence-electron chi connectivity index (χ3n) is 4.00. The number of halogens is 1. The van der Waals surface area contributed by atoms with Crippen molar-refractivity contribution in [1.82, 2.24) is 20.2 Å². The molecule has 0 bridgehead atoms. The topological polar surface area (TPSA) is 69.4 Å². The van der Waals surface area contributed by atoms with Gasteiger partial charge in [-0.1, -0.05) is 6.58 Å². The number of aromatic nitrogens is 4. The molecule has 1 aliphatic carbocycles. The molecule has 1 saturated carbocycles. The van der Waals surface area contributed by atoms with Gasteiger partial charge in [0.15, 0.2) is 5.82 Å². The zero-order valence-corrected chi connectivity index (χ0v) is 12.2. The molecule has 3 N–H and O–H groups in total. The first-order chi connectivity index (χ1) is 10.6. The van der Waals surface area contributed by atoms with Crippen molar-refractivity contribution in [2.45, 2.75) is 19.8 Å². The first-order valence-corrected chi connectivity index (χ1v) is 7.27. The minimum absolute atomic E-state index is 0.254. The molecule has 22 heavy (non-hydrogen) atoms. The molecule has 2 aromatic heterocycles. The molecule has 3 aromatic rings. The van der Waals surface area contributed by atoms with E-state index in [0.717, 1.165) is 22.6 Å². The van der Waals surface area contributed by atoms with Gasteiger partial charge in [0.25, 0.3) is 0 Å². The Morgan fingerprint density at radius 1 is 1.41 bits per heavy atom. The zero-order chi connectivity index (χ0) is 15.3. The SMILES string of the molecule is C=C(Nc1cn[nH]c1-c1nc2cc(F)c(C)cc2[nH]1)C1CC1. The standard InChI is InChI=1S/C16H16FN5/c1-8-5-12-13(6-11(8)17)21-16(20-12)15-14(7-18-22-15)19-9(2)10-3-4-10/h5-7,10,19H,2-4H2,1H3,(H,18,22)(H,20,21). The van der Waals surface area contributed by atoms with E-state index >= 15 is 0 Å². The Morgan fingerprint density at radius 3 is 3.00 bits per heavy atom. The summed E-state index contributed by atoms with van der Waals surface area (Å²) in [5, 5.41) is 10.3. The van der Waals surface area contributed by atoms with E-state index < -0.39 is 0 Å². The summed E-state index contributed by atoms with van der Waals surface area (Å²) in [7, 11) is 0. The van der Waals surface area contributed by atoms with Gasteiger partial charge in [-0.05, 0) is 37.3 Å². The van der Waals surface area contributed by atoms with E-state index in [9.17, 15) is 4.39 Å². The fourth-order valence-corrected chi connectivity index (χ4v) is 2.53. The molecule has 2 heterocycles. The Hall–Kier alpha value is -2.63. The van der Waals surface area contributed by atoms with Crippen molar-refractivity contribution in [2.75, 3.05) is 5.32 Å². The molecular formula is C16H16FN5. The van der Waals surface area contributed by atoms with Gasteiger partial charge < -0.3 is 10.3 Å². The molecule has 0 aliphatic heterocycles. The summed E-state index contributed by atoms with van der Waals surface area (Å²) in [4.78, 5) is 7.65. The van der Waals surface area contributed by atoms with Crippen molar-refractivity contribution in [3.63, 3.8) is 0 Å². The minimum Gasteiger partial charge on any atom is -0.356 e. The number of imidazole rings is 1. The number of allylic oxidation sites excluding steroid dienone is 1. The lowest BCUT2D eigenvalue weighted by molar-refractivity contribution is 0.620. The number of hydrogen-bond donors (Lipinski definition) is 3.